The molecular weight excluding hydrogens is 408 g/mol. The molecule has 168 valence electrons. The van der Waals surface area contributed by atoms with Crippen molar-refractivity contribution in [3.8, 4) is 0 Å². The summed E-state index contributed by atoms with van der Waals surface area (Å²) in [6.07, 6.45) is 6.17. The molecule has 2 saturated heterocycles. The van der Waals surface area contributed by atoms with Gasteiger partial charge in [0, 0.05) is 31.7 Å². The third-order valence-electron chi connectivity index (χ3n) is 6.22. The summed E-state index contributed by atoms with van der Waals surface area (Å²) in [4.78, 5) is 14.5. The lowest BCUT2D eigenvalue weighted by Gasteiger charge is -2.36. The van der Waals surface area contributed by atoms with Gasteiger partial charge in [-0.3, -0.25) is 0 Å². The number of rotatable bonds is 5. The van der Waals surface area contributed by atoms with E-state index in [0.29, 0.717) is 29.6 Å². The highest BCUT2D eigenvalue weighted by Gasteiger charge is 2.24. The van der Waals surface area contributed by atoms with Gasteiger partial charge in [0.05, 0.1) is 6.54 Å². The van der Waals surface area contributed by atoms with Crippen molar-refractivity contribution >= 4 is 34.9 Å². The van der Waals surface area contributed by atoms with Crippen LogP contribution < -0.4 is 20.4 Å². The number of piperidine rings is 2. The minimum Gasteiger partial charge on any atom is -0.465 e. The topological polar surface area (TPSA) is 69.5 Å². The predicted octanol–water partition coefficient (Wildman–Crippen LogP) is 4.48. The molecule has 31 heavy (non-hydrogen) atoms. The van der Waals surface area contributed by atoms with Crippen LogP contribution in [0.5, 0.6) is 0 Å². The van der Waals surface area contributed by atoms with Gasteiger partial charge in [-0.2, -0.15) is 9.97 Å². The van der Waals surface area contributed by atoms with Gasteiger partial charge in [0.25, 0.3) is 0 Å². The average molecular weight is 443 g/mol. The van der Waals surface area contributed by atoms with Gasteiger partial charge < -0.3 is 24.9 Å². The van der Waals surface area contributed by atoms with Gasteiger partial charge in [-0.15, -0.1) is 0 Å². The maximum absolute atomic E-state index is 5.61. The van der Waals surface area contributed by atoms with Crippen molar-refractivity contribution in [3.63, 3.8) is 0 Å². The summed E-state index contributed by atoms with van der Waals surface area (Å²) in [5, 5.41) is 6.90. The number of thiocarbonyl (C=S) groups is 1. The number of anilines is 3. The molecule has 0 aliphatic carbocycles. The van der Waals surface area contributed by atoms with Crippen LogP contribution in [0.4, 0.5) is 17.6 Å². The van der Waals surface area contributed by atoms with Crippen LogP contribution in [0.2, 0.25) is 0 Å². The Hall–Kier alpha value is -2.35. The quantitative estimate of drug-likeness (QED) is 0.657. The van der Waals surface area contributed by atoms with Crippen molar-refractivity contribution in [2.75, 3.05) is 34.8 Å². The molecule has 0 unspecified atom stereocenters. The number of hydrogen-bond acceptors (Lipinski definition) is 6. The van der Waals surface area contributed by atoms with Gasteiger partial charge in [0.15, 0.2) is 5.11 Å². The fourth-order valence-electron chi connectivity index (χ4n) is 4.52. The second-order valence-electron chi connectivity index (χ2n) is 8.96. The van der Waals surface area contributed by atoms with Crippen molar-refractivity contribution in [3.05, 3.63) is 29.7 Å². The van der Waals surface area contributed by atoms with E-state index < -0.39 is 0 Å². The molecule has 2 aliphatic rings. The normalized spacial score (nSPS) is 21.8. The van der Waals surface area contributed by atoms with Crippen LogP contribution in [-0.4, -0.2) is 40.8 Å². The van der Waals surface area contributed by atoms with Crippen LogP contribution in [0, 0.1) is 12.8 Å². The van der Waals surface area contributed by atoms with E-state index in [1.807, 2.05) is 19.1 Å². The summed E-state index contributed by atoms with van der Waals surface area (Å²) in [7, 11) is 0. The zero-order chi connectivity index (χ0) is 21.8. The van der Waals surface area contributed by atoms with Gasteiger partial charge in [-0.25, -0.2) is 0 Å². The average Bonchev–Trinajstić information content (AvgIpc) is 3.17. The maximum Gasteiger partial charge on any atom is 0.232 e. The fourth-order valence-corrected chi connectivity index (χ4v) is 4.68. The zero-order valence-electron chi connectivity index (χ0n) is 18.9. The summed E-state index contributed by atoms with van der Waals surface area (Å²) < 4.78 is 5.61. The van der Waals surface area contributed by atoms with Crippen molar-refractivity contribution in [1.29, 1.82) is 0 Å². The zero-order valence-corrected chi connectivity index (χ0v) is 19.7. The molecule has 4 rings (SSSR count). The van der Waals surface area contributed by atoms with Crippen LogP contribution in [0.25, 0.3) is 0 Å². The van der Waals surface area contributed by atoms with Crippen LogP contribution in [0.1, 0.15) is 57.5 Å². The van der Waals surface area contributed by atoms with Crippen molar-refractivity contribution in [1.82, 2.24) is 15.3 Å². The van der Waals surface area contributed by atoms with Crippen molar-refractivity contribution in [2.24, 2.45) is 5.92 Å². The van der Waals surface area contributed by atoms with Gasteiger partial charge in [0.1, 0.15) is 23.2 Å². The molecule has 0 aromatic carbocycles. The summed E-state index contributed by atoms with van der Waals surface area (Å²) >= 11 is 5.51. The van der Waals surface area contributed by atoms with Crippen molar-refractivity contribution < 1.29 is 4.42 Å². The number of aryl methyl sites for hydroxylation is 1. The van der Waals surface area contributed by atoms with E-state index in [1.54, 1.807) is 0 Å². The first kappa shape index (κ1) is 21.9. The van der Waals surface area contributed by atoms with E-state index in [-0.39, 0.29) is 0 Å². The number of aromatic nitrogens is 2. The molecule has 7 nitrogen and oxygen atoms in total. The molecule has 2 N–H and O–H groups in total. The summed E-state index contributed by atoms with van der Waals surface area (Å²) in [5.74, 6) is 4.95. The molecule has 0 spiro atoms. The highest BCUT2D eigenvalue weighted by atomic mass is 32.1. The van der Waals surface area contributed by atoms with E-state index >= 15 is 0 Å². The predicted molar refractivity (Wildman–Crippen MR) is 130 cm³/mol. The minimum atomic E-state index is 0.483. The molecule has 2 aliphatic heterocycles. The van der Waals surface area contributed by atoms with E-state index in [2.05, 4.69) is 40.3 Å². The molecule has 2 aromatic heterocycles. The molecule has 0 amide bonds. The lowest BCUT2D eigenvalue weighted by Crippen LogP contribution is -2.39. The third kappa shape index (κ3) is 5.67. The second-order valence-corrected chi connectivity index (χ2v) is 9.37. The Balaban J connectivity index is 1.52. The lowest BCUT2D eigenvalue weighted by molar-refractivity contribution is 0.444. The van der Waals surface area contributed by atoms with Crippen LogP contribution in [0.15, 0.2) is 22.6 Å². The first-order valence-electron chi connectivity index (χ1n) is 11.5. The molecule has 8 heteroatoms. The Bertz CT molecular complexity index is 900. The first-order valence-corrected chi connectivity index (χ1v) is 11.9. The Kier molecular flexibility index (Phi) is 6.95. The molecule has 0 bridgehead atoms. The SMILES string of the molecule is Cc1ccc(CNC(=S)Nc2nc(N3CCC[C@@H](C)C3)cc(N3CCCC[C@@H]3C)n2)o1. The molecule has 4 heterocycles. The van der Waals surface area contributed by atoms with Crippen LogP contribution in [0.3, 0.4) is 0 Å². The Morgan fingerprint density at radius 3 is 2.71 bits per heavy atom. The standard InChI is InChI=1S/C23H34N6OS/c1-16-7-6-11-28(15-16)20-13-21(29-12-5-4-8-17(29)2)26-22(25-20)27-23(31)24-14-19-10-9-18(3)30-19/h9-10,13,16-17H,4-8,11-12,14-15H2,1-3H3,(H2,24,25,26,27,31)/t16-,17+/m1/s1. The highest BCUT2D eigenvalue weighted by molar-refractivity contribution is 7.80. The number of nitrogens with zero attached hydrogens (tertiary/aromatic N) is 4. The van der Waals surface area contributed by atoms with E-state index in [4.69, 9.17) is 26.6 Å². The third-order valence-corrected chi connectivity index (χ3v) is 6.47. The number of nitrogens with one attached hydrogen (secondary N) is 2. The number of furan rings is 1. The monoisotopic (exact) mass is 442 g/mol. The first-order chi connectivity index (χ1) is 15.0. The summed E-state index contributed by atoms with van der Waals surface area (Å²) in [6, 6.07) is 6.55. The van der Waals surface area contributed by atoms with E-state index in [1.165, 1.54) is 32.1 Å². The largest absolute Gasteiger partial charge is 0.465 e. The summed E-state index contributed by atoms with van der Waals surface area (Å²) in [6.45, 7) is 10.2. The second kappa shape index (κ2) is 9.85. The van der Waals surface area contributed by atoms with Crippen molar-refractivity contribution in [2.45, 2.75) is 65.5 Å². The molecular formula is C23H34N6OS. The Labute approximate surface area is 190 Å². The van der Waals surface area contributed by atoms with E-state index in [9.17, 15) is 0 Å². The Morgan fingerprint density at radius 2 is 1.97 bits per heavy atom. The van der Waals surface area contributed by atoms with Gasteiger partial charge in [-0.05, 0) is 76.2 Å². The molecule has 0 radical (unpaired) electrons. The molecule has 0 saturated carbocycles. The highest BCUT2D eigenvalue weighted by Crippen LogP contribution is 2.29. The van der Waals surface area contributed by atoms with Crippen LogP contribution >= 0.6 is 12.2 Å². The van der Waals surface area contributed by atoms with Gasteiger partial charge in [-0.1, -0.05) is 6.92 Å². The number of hydrogen-bond donors (Lipinski definition) is 2. The van der Waals surface area contributed by atoms with Gasteiger partial charge >= 0.3 is 0 Å². The minimum absolute atomic E-state index is 0.483. The van der Waals surface area contributed by atoms with E-state index in [0.717, 1.165) is 42.8 Å². The lowest BCUT2D eigenvalue weighted by atomic mass is 10.0. The molecule has 2 atom stereocenters. The van der Waals surface area contributed by atoms with Gasteiger partial charge in [0.2, 0.25) is 5.95 Å². The molecule has 2 fully saturated rings. The van der Waals surface area contributed by atoms with Crippen LogP contribution in [-0.2, 0) is 6.54 Å². The maximum atomic E-state index is 5.61. The smallest absolute Gasteiger partial charge is 0.232 e. The fraction of sp³-hybridized carbons (Fsp3) is 0.609. The molecule has 2 aromatic rings. The summed E-state index contributed by atoms with van der Waals surface area (Å²) in [5.41, 5.74) is 0. The Morgan fingerprint density at radius 1 is 1.13 bits per heavy atom.